The zero-order chi connectivity index (χ0) is 16.0. The Morgan fingerprint density at radius 3 is 2.50 bits per heavy atom. The van der Waals surface area contributed by atoms with E-state index in [0.717, 1.165) is 50.9 Å². The fourth-order valence-electron chi connectivity index (χ4n) is 3.50. The van der Waals surface area contributed by atoms with Crippen LogP contribution >= 0.6 is 11.8 Å². The number of carbonyl (C=O) groups is 1. The minimum Gasteiger partial charge on any atom is -0.342 e. The Morgan fingerprint density at radius 1 is 1.14 bits per heavy atom. The van der Waals surface area contributed by atoms with Crippen molar-refractivity contribution in [2.45, 2.75) is 68.8 Å². The molecule has 128 valence electrons. The molecule has 0 aromatic rings. The van der Waals surface area contributed by atoms with E-state index in [1.54, 1.807) is 0 Å². The van der Waals surface area contributed by atoms with E-state index in [1.165, 1.54) is 12.8 Å². The van der Waals surface area contributed by atoms with Crippen molar-refractivity contribution in [2.75, 3.05) is 24.6 Å². The van der Waals surface area contributed by atoms with Gasteiger partial charge in [-0.2, -0.15) is 11.8 Å². The Bertz CT molecular complexity index is 458. The highest BCUT2D eigenvalue weighted by Gasteiger charge is 2.30. The van der Waals surface area contributed by atoms with E-state index in [1.807, 2.05) is 16.7 Å². The minimum atomic E-state index is -3.08. The number of likely N-dealkylation sites (tertiary alicyclic amines) is 1. The number of thioether (sulfide) groups is 1. The molecule has 1 saturated heterocycles. The van der Waals surface area contributed by atoms with Gasteiger partial charge >= 0.3 is 0 Å². The van der Waals surface area contributed by atoms with E-state index < -0.39 is 9.84 Å². The van der Waals surface area contributed by atoms with Crippen molar-refractivity contribution in [1.82, 2.24) is 4.90 Å². The smallest absolute Gasteiger partial charge is 0.223 e. The summed E-state index contributed by atoms with van der Waals surface area (Å²) >= 11 is 1.92. The maximum absolute atomic E-state index is 12.4. The van der Waals surface area contributed by atoms with Gasteiger partial charge in [-0.25, -0.2) is 8.42 Å². The Hall–Kier alpha value is -0.230. The average molecular weight is 348 g/mol. The number of carbonyl (C=O) groups excluding carboxylic acids is 1. The summed E-state index contributed by atoms with van der Waals surface area (Å²) in [4.78, 5) is 14.3. The van der Waals surface area contributed by atoms with Gasteiger partial charge in [0.15, 0.2) is 9.84 Å². The number of hydrogen-bond donors (Lipinski definition) is 0. The van der Waals surface area contributed by atoms with Crippen LogP contribution in [0.5, 0.6) is 0 Å². The van der Waals surface area contributed by atoms with E-state index >= 15 is 0 Å². The second-order valence-corrected chi connectivity index (χ2v) is 10.4. The van der Waals surface area contributed by atoms with Gasteiger partial charge in [0, 0.05) is 24.8 Å². The molecule has 0 radical (unpaired) electrons. The number of amides is 1. The highest BCUT2D eigenvalue weighted by Crippen LogP contribution is 2.26. The zero-order valence-corrected chi connectivity index (χ0v) is 15.3. The van der Waals surface area contributed by atoms with Crippen LogP contribution < -0.4 is 0 Å². The Kier molecular flexibility index (Phi) is 7.06. The average Bonchev–Trinajstić information content (AvgIpc) is 2.94. The standard InChI is InChI=1S/C16H29NO3S2/c1-2-21-14-7-5-6-11-17(13-14)16(18)10-12-22(19,20)15-8-3-4-9-15/h14-15H,2-13H2,1H3/t14-/m1/s1. The first-order chi connectivity index (χ1) is 10.5. The third kappa shape index (κ3) is 5.15. The molecular weight excluding hydrogens is 318 g/mol. The molecule has 2 fully saturated rings. The second-order valence-electron chi connectivity index (χ2n) is 6.44. The molecule has 4 nitrogen and oxygen atoms in total. The molecule has 22 heavy (non-hydrogen) atoms. The largest absolute Gasteiger partial charge is 0.342 e. The lowest BCUT2D eigenvalue weighted by Crippen LogP contribution is -2.37. The summed E-state index contributed by atoms with van der Waals surface area (Å²) in [5.41, 5.74) is 0. The Morgan fingerprint density at radius 2 is 1.82 bits per heavy atom. The summed E-state index contributed by atoms with van der Waals surface area (Å²) in [6.45, 7) is 3.74. The molecule has 0 aromatic carbocycles. The van der Waals surface area contributed by atoms with E-state index in [-0.39, 0.29) is 23.3 Å². The van der Waals surface area contributed by atoms with Gasteiger partial charge in [-0.1, -0.05) is 26.2 Å². The maximum atomic E-state index is 12.4. The number of rotatable bonds is 6. The molecule has 0 aromatic heterocycles. The van der Waals surface area contributed by atoms with Crippen molar-refractivity contribution in [3.8, 4) is 0 Å². The van der Waals surface area contributed by atoms with Gasteiger partial charge in [-0.15, -0.1) is 0 Å². The second kappa shape index (κ2) is 8.57. The number of hydrogen-bond acceptors (Lipinski definition) is 4. The maximum Gasteiger partial charge on any atom is 0.223 e. The van der Waals surface area contributed by atoms with Gasteiger partial charge < -0.3 is 4.90 Å². The zero-order valence-electron chi connectivity index (χ0n) is 13.6. The predicted octanol–water partition coefficient (Wildman–Crippen LogP) is 2.87. The molecule has 0 spiro atoms. The molecule has 0 bridgehead atoms. The highest BCUT2D eigenvalue weighted by molar-refractivity contribution is 7.99. The van der Waals surface area contributed by atoms with E-state index in [9.17, 15) is 13.2 Å². The molecule has 1 atom stereocenters. The molecule has 6 heteroatoms. The number of nitrogens with zero attached hydrogens (tertiary/aromatic N) is 1. The lowest BCUT2D eigenvalue weighted by atomic mass is 10.2. The fraction of sp³-hybridized carbons (Fsp3) is 0.938. The normalized spacial score (nSPS) is 24.4. The van der Waals surface area contributed by atoms with Crippen molar-refractivity contribution in [1.29, 1.82) is 0 Å². The molecule has 1 aliphatic carbocycles. The van der Waals surface area contributed by atoms with Crippen LogP contribution in [-0.2, 0) is 14.6 Å². The van der Waals surface area contributed by atoms with Crippen molar-refractivity contribution in [3.05, 3.63) is 0 Å². The third-order valence-electron chi connectivity index (χ3n) is 4.79. The molecule has 2 rings (SSSR count). The topological polar surface area (TPSA) is 54.5 Å². The molecular formula is C16H29NO3S2. The molecule has 1 saturated carbocycles. The van der Waals surface area contributed by atoms with Gasteiger partial charge in [-0.3, -0.25) is 4.79 Å². The molecule has 2 aliphatic rings. The van der Waals surface area contributed by atoms with Crippen molar-refractivity contribution < 1.29 is 13.2 Å². The van der Waals surface area contributed by atoms with Crippen molar-refractivity contribution in [3.63, 3.8) is 0 Å². The minimum absolute atomic E-state index is 0.0326. The fourth-order valence-corrected chi connectivity index (χ4v) is 6.44. The summed E-state index contributed by atoms with van der Waals surface area (Å²) in [7, 11) is -3.08. The Balaban J connectivity index is 1.85. The van der Waals surface area contributed by atoms with Crippen LogP contribution in [0.15, 0.2) is 0 Å². The van der Waals surface area contributed by atoms with Crippen LogP contribution in [0.3, 0.4) is 0 Å². The van der Waals surface area contributed by atoms with E-state index in [2.05, 4.69) is 6.92 Å². The van der Waals surface area contributed by atoms with Crippen LogP contribution in [0.4, 0.5) is 0 Å². The van der Waals surface area contributed by atoms with Gasteiger partial charge in [0.2, 0.25) is 5.91 Å². The van der Waals surface area contributed by atoms with Gasteiger partial charge in [0.1, 0.15) is 0 Å². The van der Waals surface area contributed by atoms with Crippen LogP contribution in [0.25, 0.3) is 0 Å². The summed E-state index contributed by atoms with van der Waals surface area (Å²) < 4.78 is 24.6. The molecule has 1 heterocycles. The first-order valence-corrected chi connectivity index (χ1v) is 11.4. The van der Waals surface area contributed by atoms with Crippen molar-refractivity contribution in [2.24, 2.45) is 0 Å². The van der Waals surface area contributed by atoms with Gasteiger partial charge in [-0.05, 0) is 31.4 Å². The summed E-state index contributed by atoms with van der Waals surface area (Å²) in [5.74, 6) is 1.15. The molecule has 1 aliphatic heterocycles. The summed E-state index contributed by atoms with van der Waals surface area (Å²) in [6, 6.07) is 0. The summed E-state index contributed by atoms with van der Waals surface area (Å²) in [5, 5.41) is 0.329. The molecule has 0 N–H and O–H groups in total. The quantitative estimate of drug-likeness (QED) is 0.741. The third-order valence-corrected chi connectivity index (χ3v) is 8.24. The molecule has 1 amide bonds. The van der Waals surface area contributed by atoms with Crippen LogP contribution in [0, 0.1) is 0 Å². The van der Waals surface area contributed by atoms with E-state index in [4.69, 9.17) is 0 Å². The first-order valence-electron chi connectivity index (χ1n) is 8.64. The number of sulfone groups is 1. The lowest BCUT2D eigenvalue weighted by molar-refractivity contribution is -0.130. The molecule has 0 unspecified atom stereocenters. The predicted molar refractivity (Wildman–Crippen MR) is 93.0 cm³/mol. The van der Waals surface area contributed by atoms with Crippen LogP contribution in [0.2, 0.25) is 0 Å². The summed E-state index contributed by atoms with van der Waals surface area (Å²) in [6.07, 6.45) is 7.15. The van der Waals surface area contributed by atoms with Gasteiger partial charge in [0.25, 0.3) is 0 Å². The first kappa shape index (κ1) is 18.1. The van der Waals surface area contributed by atoms with Gasteiger partial charge in [0.05, 0.1) is 11.0 Å². The van der Waals surface area contributed by atoms with Crippen LogP contribution in [0.1, 0.15) is 58.3 Å². The van der Waals surface area contributed by atoms with E-state index in [0.29, 0.717) is 5.25 Å². The monoisotopic (exact) mass is 347 g/mol. The lowest BCUT2D eigenvalue weighted by Gasteiger charge is -2.24. The highest BCUT2D eigenvalue weighted by atomic mass is 32.2. The Labute approximate surface area is 139 Å². The van der Waals surface area contributed by atoms with Crippen molar-refractivity contribution >= 4 is 27.5 Å². The van der Waals surface area contributed by atoms with Crippen LogP contribution in [-0.4, -0.2) is 54.3 Å². The SMILES string of the molecule is CCS[C@@H]1CCCCN(C(=O)CCS(=O)(=O)C2CCCC2)C1.